The number of hydrogen-bond donors (Lipinski definition) is 1. The Morgan fingerprint density at radius 3 is 2.39 bits per heavy atom. The maximum atomic E-state index is 5.38. The van der Waals surface area contributed by atoms with Crippen LogP contribution in [0.2, 0.25) is 0 Å². The zero-order chi connectivity index (χ0) is 13.4. The second-order valence-electron chi connectivity index (χ2n) is 6.20. The lowest BCUT2D eigenvalue weighted by atomic mass is 9.78. The van der Waals surface area contributed by atoms with Crippen molar-refractivity contribution < 1.29 is 4.74 Å². The van der Waals surface area contributed by atoms with Crippen molar-refractivity contribution >= 4 is 0 Å². The first-order valence-electron chi connectivity index (χ1n) is 7.93. The molecular weight excluding hydrogens is 222 g/mol. The molecule has 0 radical (unpaired) electrons. The van der Waals surface area contributed by atoms with Crippen LogP contribution in [-0.2, 0) is 4.74 Å². The third-order valence-corrected chi connectivity index (χ3v) is 4.57. The van der Waals surface area contributed by atoms with Gasteiger partial charge < -0.3 is 10.1 Å². The van der Waals surface area contributed by atoms with Crippen LogP contribution in [0.3, 0.4) is 0 Å². The summed E-state index contributed by atoms with van der Waals surface area (Å²) in [5.41, 5.74) is 0. The van der Waals surface area contributed by atoms with Crippen LogP contribution in [0.5, 0.6) is 0 Å². The molecule has 18 heavy (non-hydrogen) atoms. The predicted octanol–water partition coefficient (Wildman–Crippen LogP) is 4.00. The number of nitrogens with one attached hydrogen (secondary N) is 1. The van der Waals surface area contributed by atoms with Gasteiger partial charge in [0.1, 0.15) is 0 Å². The van der Waals surface area contributed by atoms with Crippen LogP contribution in [0.1, 0.15) is 65.7 Å². The first-order chi connectivity index (χ1) is 8.67. The fraction of sp³-hybridized carbons (Fsp3) is 1.00. The molecule has 0 heterocycles. The summed E-state index contributed by atoms with van der Waals surface area (Å²) >= 11 is 0. The SMILES string of the molecule is CCCNC(CCC(C)OC)C1CCC(C)CC1. The Kier molecular flexibility index (Phi) is 7.92. The Balaban J connectivity index is 2.38. The van der Waals surface area contributed by atoms with Crippen LogP contribution < -0.4 is 5.32 Å². The van der Waals surface area contributed by atoms with Gasteiger partial charge in [0, 0.05) is 13.2 Å². The van der Waals surface area contributed by atoms with Crippen molar-refractivity contribution in [1.29, 1.82) is 0 Å². The van der Waals surface area contributed by atoms with E-state index >= 15 is 0 Å². The third-order valence-electron chi connectivity index (χ3n) is 4.57. The predicted molar refractivity (Wildman–Crippen MR) is 78.9 cm³/mol. The summed E-state index contributed by atoms with van der Waals surface area (Å²) in [6, 6.07) is 0.718. The highest BCUT2D eigenvalue weighted by molar-refractivity contribution is 4.81. The Labute approximate surface area is 114 Å². The molecule has 2 nitrogen and oxygen atoms in total. The van der Waals surface area contributed by atoms with Gasteiger partial charge in [-0.1, -0.05) is 26.7 Å². The van der Waals surface area contributed by atoms with Gasteiger partial charge in [0.25, 0.3) is 0 Å². The monoisotopic (exact) mass is 255 g/mol. The lowest BCUT2D eigenvalue weighted by Crippen LogP contribution is -2.39. The Morgan fingerprint density at radius 1 is 1.17 bits per heavy atom. The maximum Gasteiger partial charge on any atom is 0.0543 e. The minimum Gasteiger partial charge on any atom is -0.382 e. The average Bonchev–Trinajstić information content (AvgIpc) is 2.40. The van der Waals surface area contributed by atoms with Crippen LogP contribution in [0.25, 0.3) is 0 Å². The lowest BCUT2D eigenvalue weighted by molar-refractivity contribution is 0.100. The summed E-state index contributed by atoms with van der Waals surface area (Å²) in [4.78, 5) is 0. The van der Waals surface area contributed by atoms with Crippen LogP contribution in [-0.4, -0.2) is 25.8 Å². The van der Waals surface area contributed by atoms with E-state index in [0.717, 1.165) is 24.4 Å². The van der Waals surface area contributed by atoms with Gasteiger partial charge in [0.05, 0.1) is 6.10 Å². The molecule has 1 fully saturated rings. The molecule has 0 aromatic heterocycles. The van der Waals surface area contributed by atoms with Crippen molar-refractivity contribution in [3.05, 3.63) is 0 Å². The van der Waals surface area contributed by atoms with Gasteiger partial charge >= 0.3 is 0 Å². The van der Waals surface area contributed by atoms with Gasteiger partial charge in [-0.15, -0.1) is 0 Å². The van der Waals surface area contributed by atoms with Crippen LogP contribution in [0.15, 0.2) is 0 Å². The molecule has 1 aliphatic rings. The fourth-order valence-corrected chi connectivity index (χ4v) is 3.05. The van der Waals surface area contributed by atoms with Gasteiger partial charge in [0.15, 0.2) is 0 Å². The van der Waals surface area contributed by atoms with E-state index in [1.165, 1.54) is 44.9 Å². The van der Waals surface area contributed by atoms with E-state index < -0.39 is 0 Å². The summed E-state index contributed by atoms with van der Waals surface area (Å²) in [5.74, 6) is 1.85. The molecule has 108 valence electrons. The van der Waals surface area contributed by atoms with Gasteiger partial charge in [-0.3, -0.25) is 0 Å². The normalized spacial score (nSPS) is 28.0. The van der Waals surface area contributed by atoms with E-state index in [0.29, 0.717) is 6.10 Å². The van der Waals surface area contributed by atoms with Crippen molar-refractivity contribution in [3.8, 4) is 0 Å². The number of hydrogen-bond acceptors (Lipinski definition) is 2. The molecular formula is C16H33NO. The van der Waals surface area contributed by atoms with Gasteiger partial charge in [-0.05, 0) is 57.4 Å². The van der Waals surface area contributed by atoms with E-state index in [1.54, 1.807) is 0 Å². The van der Waals surface area contributed by atoms with Crippen molar-refractivity contribution in [2.24, 2.45) is 11.8 Å². The van der Waals surface area contributed by atoms with Crippen LogP contribution >= 0.6 is 0 Å². The van der Waals surface area contributed by atoms with Crippen molar-refractivity contribution in [2.75, 3.05) is 13.7 Å². The number of rotatable bonds is 8. The molecule has 2 heteroatoms. The van der Waals surface area contributed by atoms with Gasteiger partial charge in [-0.25, -0.2) is 0 Å². The summed E-state index contributed by atoms with van der Waals surface area (Å²) in [6.45, 7) is 8.00. The summed E-state index contributed by atoms with van der Waals surface area (Å²) in [5, 5.41) is 3.78. The Bertz CT molecular complexity index is 199. The highest BCUT2D eigenvalue weighted by atomic mass is 16.5. The third kappa shape index (κ3) is 5.71. The minimum atomic E-state index is 0.401. The molecule has 0 bridgehead atoms. The molecule has 0 aromatic carbocycles. The van der Waals surface area contributed by atoms with E-state index in [9.17, 15) is 0 Å². The van der Waals surface area contributed by atoms with Crippen LogP contribution in [0.4, 0.5) is 0 Å². The van der Waals surface area contributed by atoms with E-state index in [1.807, 2.05) is 7.11 Å². The molecule has 2 unspecified atom stereocenters. The van der Waals surface area contributed by atoms with Gasteiger partial charge in [0.2, 0.25) is 0 Å². The topological polar surface area (TPSA) is 21.3 Å². The standard InChI is InChI=1S/C16H33NO/c1-5-12-17-16(11-8-14(3)18-4)15-9-6-13(2)7-10-15/h13-17H,5-12H2,1-4H3. The Morgan fingerprint density at radius 2 is 1.83 bits per heavy atom. The molecule has 1 saturated carbocycles. The van der Waals surface area contributed by atoms with Crippen molar-refractivity contribution in [1.82, 2.24) is 5.32 Å². The molecule has 1 aliphatic carbocycles. The summed E-state index contributed by atoms with van der Waals surface area (Å²) in [7, 11) is 1.82. The smallest absolute Gasteiger partial charge is 0.0543 e. The second kappa shape index (κ2) is 8.92. The second-order valence-corrected chi connectivity index (χ2v) is 6.20. The molecule has 2 atom stereocenters. The van der Waals surface area contributed by atoms with E-state index in [4.69, 9.17) is 4.74 Å². The summed E-state index contributed by atoms with van der Waals surface area (Å²) < 4.78 is 5.38. The van der Waals surface area contributed by atoms with Gasteiger partial charge in [-0.2, -0.15) is 0 Å². The van der Waals surface area contributed by atoms with Crippen molar-refractivity contribution in [2.45, 2.75) is 77.9 Å². The van der Waals surface area contributed by atoms with E-state index in [-0.39, 0.29) is 0 Å². The lowest BCUT2D eigenvalue weighted by Gasteiger charge is -2.34. The Hall–Kier alpha value is -0.0800. The molecule has 1 N–H and O–H groups in total. The average molecular weight is 255 g/mol. The van der Waals surface area contributed by atoms with Crippen molar-refractivity contribution in [3.63, 3.8) is 0 Å². The molecule has 0 saturated heterocycles. The minimum absolute atomic E-state index is 0.401. The maximum absolute atomic E-state index is 5.38. The highest BCUT2D eigenvalue weighted by Gasteiger charge is 2.25. The molecule has 0 aliphatic heterocycles. The number of ether oxygens (including phenoxy) is 1. The molecule has 0 spiro atoms. The number of methoxy groups -OCH3 is 1. The zero-order valence-electron chi connectivity index (χ0n) is 12.9. The molecule has 0 aromatic rings. The highest BCUT2D eigenvalue weighted by Crippen LogP contribution is 2.32. The molecule has 0 amide bonds. The first kappa shape index (κ1) is 16.0. The zero-order valence-corrected chi connectivity index (χ0v) is 12.9. The first-order valence-corrected chi connectivity index (χ1v) is 7.93. The largest absolute Gasteiger partial charge is 0.382 e. The van der Waals surface area contributed by atoms with Crippen LogP contribution in [0, 0.1) is 11.8 Å². The quantitative estimate of drug-likeness (QED) is 0.708. The molecule has 1 rings (SSSR count). The summed E-state index contributed by atoms with van der Waals surface area (Å²) in [6.07, 6.45) is 9.79. The fourth-order valence-electron chi connectivity index (χ4n) is 3.05. The van der Waals surface area contributed by atoms with E-state index in [2.05, 4.69) is 26.1 Å².